The molecule has 0 spiro atoms. The maximum atomic E-state index is 12.2. The zero-order valence-electron chi connectivity index (χ0n) is 15.5. The van der Waals surface area contributed by atoms with Crippen LogP contribution in [0.5, 0.6) is 0 Å². The maximum Gasteiger partial charge on any atom is 0.312 e. The van der Waals surface area contributed by atoms with Gasteiger partial charge in [0.05, 0.1) is 6.10 Å². The minimum atomic E-state index is -0.520. The van der Waals surface area contributed by atoms with Gasteiger partial charge in [-0.3, -0.25) is 9.59 Å². The van der Waals surface area contributed by atoms with Crippen LogP contribution in [0.15, 0.2) is 24.3 Å². The van der Waals surface area contributed by atoms with Gasteiger partial charge in [-0.1, -0.05) is 12.1 Å². The second-order valence-corrected chi connectivity index (χ2v) is 6.65. The van der Waals surface area contributed by atoms with E-state index in [2.05, 4.69) is 35.3 Å². The first-order chi connectivity index (χ1) is 12.0. The first kappa shape index (κ1) is 19.2. The molecule has 0 unspecified atom stereocenters. The lowest BCUT2D eigenvalue weighted by molar-refractivity contribution is -0.146. The lowest BCUT2D eigenvalue weighted by atomic mass is 10.2. The molecule has 6 heteroatoms. The molecule has 6 nitrogen and oxygen atoms in total. The third-order valence-electron chi connectivity index (χ3n) is 4.19. The summed E-state index contributed by atoms with van der Waals surface area (Å²) in [7, 11) is 0. The van der Waals surface area contributed by atoms with Crippen LogP contribution in [0, 0.1) is 6.92 Å². The minimum Gasteiger partial charge on any atom is -0.379 e. The van der Waals surface area contributed by atoms with Gasteiger partial charge in [0.2, 0.25) is 0 Å². The maximum absolute atomic E-state index is 12.2. The van der Waals surface area contributed by atoms with Gasteiger partial charge < -0.3 is 19.9 Å². The molecule has 1 saturated heterocycles. The average molecular weight is 347 g/mol. The third-order valence-corrected chi connectivity index (χ3v) is 4.19. The van der Waals surface area contributed by atoms with Gasteiger partial charge in [-0.2, -0.15) is 0 Å². The van der Waals surface area contributed by atoms with E-state index in [0.717, 1.165) is 13.1 Å². The Hall–Kier alpha value is -2.08. The van der Waals surface area contributed by atoms with E-state index in [1.54, 1.807) is 4.90 Å². The molecule has 0 saturated carbocycles. The number of nitrogens with one attached hydrogen (secondary N) is 1. The van der Waals surface area contributed by atoms with Gasteiger partial charge in [-0.25, -0.2) is 0 Å². The summed E-state index contributed by atoms with van der Waals surface area (Å²) in [5.74, 6) is -0.956. The van der Waals surface area contributed by atoms with Gasteiger partial charge in [-0.15, -0.1) is 0 Å². The molecule has 2 amide bonds. The van der Waals surface area contributed by atoms with Crippen LogP contribution in [0.25, 0.3) is 0 Å². The van der Waals surface area contributed by atoms with Crippen molar-refractivity contribution in [3.63, 3.8) is 0 Å². The first-order valence-electron chi connectivity index (χ1n) is 8.97. The highest BCUT2D eigenvalue weighted by molar-refractivity contribution is 6.35. The summed E-state index contributed by atoms with van der Waals surface area (Å²) >= 11 is 0. The third kappa shape index (κ3) is 6.05. The summed E-state index contributed by atoms with van der Waals surface area (Å²) < 4.78 is 5.41. The Bertz CT molecular complexity index is 581. The van der Waals surface area contributed by atoms with Crippen LogP contribution in [0.1, 0.15) is 25.8 Å². The predicted molar refractivity (Wildman–Crippen MR) is 98.7 cm³/mol. The van der Waals surface area contributed by atoms with Gasteiger partial charge in [-0.05, 0) is 44.9 Å². The van der Waals surface area contributed by atoms with Crippen molar-refractivity contribution in [3.8, 4) is 0 Å². The summed E-state index contributed by atoms with van der Waals surface area (Å²) in [5.41, 5.74) is 2.39. The lowest BCUT2D eigenvalue weighted by Crippen LogP contribution is -2.52. The molecule has 1 aromatic rings. The topological polar surface area (TPSA) is 61.9 Å². The number of nitrogens with zero attached hydrogens (tertiary/aromatic N) is 2. The van der Waals surface area contributed by atoms with Crippen molar-refractivity contribution >= 4 is 17.5 Å². The minimum absolute atomic E-state index is 0.182. The molecule has 1 fully saturated rings. The number of carbonyl (C=O) groups excluding carboxylic acids is 2. The second kappa shape index (κ2) is 9.42. The number of rotatable bonds is 6. The Morgan fingerprint density at radius 1 is 1.20 bits per heavy atom. The standard InChI is InChI=1S/C19H29N3O3/c1-15(2)25-13-5-8-20-18(23)19(24)22-11-9-21(10-12-22)17-7-4-6-16(3)14-17/h4,6-7,14-15H,5,8-13H2,1-3H3,(H,20,23). The highest BCUT2D eigenvalue weighted by Crippen LogP contribution is 2.17. The SMILES string of the molecule is Cc1cccc(N2CCN(C(=O)C(=O)NCCCOC(C)C)CC2)c1. The van der Waals surface area contributed by atoms with E-state index in [0.29, 0.717) is 32.7 Å². The number of piperazine rings is 1. The van der Waals surface area contributed by atoms with E-state index in [4.69, 9.17) is 4.74 Å². The lowest BCUT2D eigenvalue weighted by Gasteiger charge is -2.35. The molecule has 1 aromatic carbocycles. The molecule has 0 aromatic heterocycles. The Kier molecular flexibility index (Phi) is 7.25. The molecule has 0 bridgehead atoms. The van der Waals surface area contributed by atoms with Crippen LogP contribution in [0.3, 0.4) is 0 Å². The Balaban J connectivity index is 1.72. The van der Waals surface area contributed by atoms with E-state index >= 15 is 0 Å². The molecule has 138 valence electrons. The fraction of sp³-hybridized carbons (Fsp3) is 0.579. The van der Waals surface area contributed by atoms with Gasteiger partial charge in [0.15, 0.2) is 0 Å². The molecule has 1 heterocycles. The van der Waals surface area contributed by atoms with Crippen molar-refractivity contribution < 1.29 is 14.3 Å². The van der Waals surface area contributed by atoms with Crippen molar-refractivity contribution in [2.24, 2.45) is 0 Å². The highest BCUT2D eigenvalue weighted by atomic mass is 16.5. The molecule has 0 atom stereocenters. The van der Waals surface area contributed by atoms with Crippen LogP contribution in [-0.2, 0) is 14.3 Å². The molecule has 0 radical (unpaired) electrons. The number of aryl methyl sites for hydroxylation is 1. The van der Waals surface area contributed by atoms with Gasteiger partial charge in [0, 0.05) is 45.0 Å². The van der Waals surface area contributed by atoms with Gasteiger partial charge in [0.1, 0.15) is 0 Å². The van der Waals surface area contributed by atoms with Crippen molar-refractivity contribution in [1.29, 1.82) is 0 Å². The number of benzene rings is 1. The van der Waals surface area contributed by atoms with E-state index in [1.807, 2.05) is 19.9 Å². The molecule has 0 aliphatic carbocycles. The fourth-order valence-electron chi connectivity index (χ4n) is 2.80. The molecule has 1 aliphatic rings. The van der Waals surface area contributed by atoms with Crippen molar-refractivity contribution in [3.05, 3.63) is 29.8 Å². The number of hydrogen-bond acceptors (Lipinski definition) is 4. The van der Waals surface area contributed by atoms with Crippen molar-refractivity contribution in [2.45, 2.75) is 33.3 Å². The van der Waals surface area contributed by atoms with Crippen molar-refractivity contribution in [1.82, 2.24) is 10.2 Å². The highest BCUT2D eigenvalue weighted by Gasteiger charge is 2.25. The van der Waals surface area contributed by atoms with E-state index < -0.39 is 11.8 Å². The molecule has 1 aliphatic heterocycles. The monoisotopic (exact) mass is 347 g/mol. The number of ether oxygens (including phenoxy) is 1. The summed E-state index contributed by atoms with van der Waals surface area (Å²) in [6, 6.07) is 8.33. The number of carbonyl (C=O) groups is 2. The van der Waals surface area contributed by atoms with E-state index in [9.17, 15) is 9.59 Å². The largest absolute Gasteiger partial charge is 0.379 e. The zero-order valence-corrected chi connectivity index (χ0v) is 15.5. The Morgan fingerprint density at radius 3 is 2.56 bits per heavy atom. The Labute approximate surface area is 150 Å². The first-order valence-corrected chi connectivity index (χ1v) is 8.97. The summed E-state index contributed by atoms with van der Waals surface area (Å²) in [6.45, 7) is 9.67. The number of hydrogen-bond donors (Lipinski definition) is 1. The van der Waals surface area contributed by atoms with Gasteiger partial charge >= 0.3 is 11.8 Å². The van der Waals surface area contributed by atoms with Crippen LogP contribution in [0.2, 0.25) is 0 Å². The van der Waals surface area contributed by atoms with Crippen LogP contribution in [0.4, 0.5) is 5.69 Å². The quantitative estimate of drug-likeness (QED) is 0.627. The van der Waals surface area contributed by atoms with Gasteiger partial charge in [0.25, 0.3) is 0 Å². The zero-order chi connectivity index (χ0) is 18.2. The Morgan fingerprint density at radius 2 is 1.92 bits per heavy atom. The predicted octanol–water partition coefficient (Wildman–Crippen LogP) is 1.57. The summed E-state index contributed by atoms with van der Waals surface area (Å²) in [4.78, 5) is 28.1. The molecule has 1 N–H and O–H groups in total. The van der Waals surface area contributed by atoms with E-state index in [1.165, 1.54) is 11.3 Å². The number of anilines is 1. The van der Waals surface area contributed by atoms with Crippen LogP contribution in [-0.4, -0.2) is 62.1 Å². The summed E-state index contributed by atoms with van der Waals surface area (Å²) in [6.07, 6.45) is 0.889. The average Bonchev–Trinajstić information content (AvgIpc) is 2.60. The number of amides is 2. The fourth-order valence-corrected chi connectivity index (χ4v) is 2.80. The molecular weight excluding hydrogens is 318 g/mol. The van der Waals surface area contributed by atoms with Crippen LogP contribution < -0.4 is 10.2 Å². The van der Waals surface area contributed by atoms with Crippen LogP contribution >= 0.6 is 0 Å². The normalized spacial score (nSPS) is 14.7. The molecular formula is C19H29N3O3. The smallest absolute Gasteiger partial charge is 0.312 e. The second-order valence-electron chi connectivity index (χ2n) is 6.65. The summed E-state index contributed by atoms with van der Waals surface area (Å²) in [5, 5.41) is 2.68. The molecule has 2 rings (SSSR count). The molecule has 25 heavy (non-hydrogen) atoms. The van der Waals surface area contributed by atoms with E-state index in [-0.39, 0.29) is 6.10 Å². The van der Waals surface area contributed by atoms with Crippen molar-refractivity contribution in [2.75, 3.05) is 44.2 Å².